The minimum atomic E-state index is -4.32. The van der Waals surface area contributed by atoms with Crippen LogP contribution in [0.3, 0.4) is 0 Å². The van der Waals surface area contributed by atoms with Crippen molar-refractivity contribution in [2.75, 3.05) is 6.54 Å². The van der Waals surface area contributed by atoms with E-state index in [2.05, 4.69) is 4.98 Å². The van der Waals surface area contributed by atoms with Crippen molar-refractivity contribution in [2.24, 2.45) is 5.73 Å². The van der Waals surface area contributed by atoms with E-state index in [0.717, 1.165) is 36.2 Å². The van der Waals surface area contributed by atoms with E-state index >= 15 is 0 Å². The van der Waals surface area contributed by atoms with E-state index in [1.54, 1.807) is 6.92 Å². The van der Waals surface area contributed by atoms with Crippen LogP contribution < -0.4 is 5.73 Å². The molecule has 2 N–H and O–H groups in total. The van der Waals surface area contributed by atoms with Gasteiger partial charge in [0, 0.05) is 11.1 Å². The van der Waals surface area contributed by atoms with Crippen molar-refractivity contribution < 1.29 is 13.2 Å². The number of nitrogens with two attached hydrogens (primary N) is 1. The lowest BCUT2D eigenvalue weighted by Gasteiger charge is -2.10. The molecule has 0 aliphatic heterocycles. The smallest absolute Gasteiger partial charge is 0.330 e. The fourth-order valence-electron chi connectivity index (χ4n) is 2.05. The summed E-state index contributed by atoms with van der Waals surface area (Å²) in [5.41, 5.74) is 7.08. The number of benzene rings is 1. The number of aryl methyl sites for hydroxylation is 2. The molecule has 5 heteroatoms. The third-order valence-corrected chi connectivity index (χ3v) is 3.03. The second-order valence-corrected chi connectivity index (χ2v) is 4.55. The van der Waals surface area contributed by atoms with Crippen LogP contribution in [-0.2, 0) is 12.6 Å². The van der Waals surface area contributed by atoms with Crippen molar-refractivity contribution >= 4 is 10.9 Å². The number of nitrogens with zero attached hydrogens (tertiary/aromatic N) is 1. The maximum absolute atomic E-state index is 12.7. The van der Waals surface area contributed by atoms with Gasteiger partial charge in [-0.3, -0.25) is 4.98 Å². The number of fused-ring (bicyclic) bond motifs is 1. The summed E-state index contributed by atoms with van der Waals surface area (Å²) in [5, 5.41) is 0.548. The molecule has 1 heterocycles. The van der Waals surface area contributed by atoms with Crippen LogP contribution in [0.15, 0.2) is 24.3 Å². The van der Waals surface area contributed by atoms with Crippen LogP contribution in [0.2, 0.25) is 0 Å². The zero-order chi connectivity index (χ0) is 14.0. The summed E-state index contributed by atoms with van der Waals surface area (Å²) in [6.45, 7) is 2.38. The third-order valence-electron chi connectivity index (χ3n) is 3.03. The van der Waals surface area contributed by atoms with E-state index in [9.17, 15) is 13.2 Å². The van der Waals surface area contributed by atoms with Crippen molar-refractivity contribution in [3.05, 3.63) is 41.1 Å². The molecule has 0 fully saturated rings. The van der Waals surface area contributed by atoms with Crippen LogP contribution in [0.4, 0.5) is 13.2 Å². The molecular weight excluding hydrogens is 253 g/mol. The molecule has 0 atom stereocenters. The first-order valence-electron chi connectivity index (χ1n) is 6.09. The summed E-state index contributed by atoms with van der Waals surface area (Å²) in [6, 6.07) is 5.49. The molecule has 102 valence electrons. The van der Waals surface area contributed by atoms with Gasteiger partial charge in [-0.2, -0.15) is 13.2 Å². The SMILES string of the molecule is Cc1cc(CCCN)nc2ccc(C(F)(F)F)cc12. The number of pyridine rings is 1. The van der Waals surface area contributed by atoms with Gasteiger partial charge in [0.05, 0.1) is 11.1 Å². The van der Waals surface area contributed by atoms with Crippen LogP contribution >= 0.6 is 0 Å². The van der Waals surface area contributed by atoms with Gasteiger partial charge in [0.1, 0.15) is 0 Å². The Kier molecular flexibility index (Phi) is 3.75. The lowest BCUT2D eigenvalue weighted by molar-refractivity contribution is -0.137. The summed E-state index contributed by atoms with van der Waals surface area (Å²) in [7, 11) is 0. The lowest BCUT2D eigenvalue weighted by atomic mass is 10.0. The van der Waals surface area contributed by atoms with Gasteiger partial charge in [0.2, 0.25) is 0 Å². The summed E-state index contributed by atoms with van der Waals surface area (Å²) in [4.78, 5) is 4.37. The van der Waals surface area contributed by atoms with Crippen molar-refractivity contribution in [3.8, 4) is 0 Å². The molecule has 0 amide bonds. The largest absolute Gasteiger partial charge is 0.416 e. The van der Waals surface area contributed by atoms with E-state index in [1.807, 2.05) is 6.07 Å². The van der Waals surface area contributed by atoms with Crippen molar-refractivity contribution in [1.29, 1.82) is 0 Å². The van der Waals surface area contributed by atoms with Gasteiger partial charge in [-0.15, -0.1) is 0 Å². The van der Waals surface area contributed by atoms with Crippen LogP contribution in [0.5, 0.6) is 0 Å². The highest BCUT2D eigenvalue weighted by atomic mass is 19.4. The molecule has 0 saturated heterocycles. The Hall–Kier alpha value is -1.62. The summed E-state index contributed by atoms with van der Waals surface area (Å²) >= 11 is 0. The number of rotatable bonds is 3. The highest BCUT2D eigenvalue weighted by molar-refractivity contribution is 5.83. The zero-order valence-electron chi connectivity index (χ0n) is 10.6. The second kappa shape index (κ2) is 5.17. The Labute approximate surface area is 109 Å². The molecule has 0 saturated carbocycles. The standard InChI is InChI=1S/C14H15F3N2/c1-9-7-11(3-2-6-18)19-13-5-4-10(8-12(9)13)14(15,16)17/h4-5,7-8H,2-3,6,18H2,1H3. The number of halogens is 3. The fourth-order valence-corrected chi connectivity index (χ4v) is 2.05. The molecule has 0 bridgehead atoms. The predicted octanol–water partition coefficient (Wildman–Crippen LogP) is 3.45. The van der Waals surface area contributed by atoms with E-state index in [0.29, 0.717) is 17.4 Å². The number of hydrogen-bond acceptors (Lipinski definition) is 2. The van der Waals surface area contributed by atoms with Gasteiger partial charge < -0.3 is 5.73 Å². The van der Waals surface area contributed by atoms with Crippen LogP contribution in [0.25, 0.3) is 10.9 Å². The van der Waals surface area contributed by atoms with Crippen molar-refractivity contribution in [1.82, 2.24) is 4.98 Å². The quantitative estimate of drug-likeness (QED) is 0.926. The molecule has 2 rings (SSSR count). The predicted molar refractivity (Wildman–Crippen MR) is 68.9 cm³/mol. The minimum Gasteiger partial charge on any atom is -0.330 e. The average Bonchev–Trinajstić information content (AvgIpc) is 2.35. The Morgan fingerprint density at radius 1 is 1.21 bits per heavy atom. The molecule has 2 aromatic rings. The summed E-state index contributed by atoms with van der Waals surface area (Å²) in [6.07, 6.45) is -2.76. The number of hydrogen-bond donors (Lipinski definition) is 1. The van der Waals surface area contributed by atoms with Crippen LogP contribution in [-0.4, -0.2) is 11.5 Å². The number of aromatic nitrogens is 1. The topological polar surface area (TPSA) is 38.9 Å². The Morgan fingerprint density at radius 2 is 1.95 bits per heavy atom. The summed E-state index contributed by atoms with van der Waals surface area (Å²) < 4.78 is 38.0. The molecule has 1 aromatic heterocycles. The van der Waals surface area contributed by atoms with Crippen LogP contribution in [0, 0.1) is 6.92 Å². The zero-order valence-corrected chi connectivity index (χ0v) is 10.6. The molecule has 19 heavy (non-hydrogen) atoms. The first kappa shape index (κ1) is 13.8. The lowest BCUT2D eigenvalue weighted by Crippen LogP contribution is -2.05. The Bertz CT molecular complexity index is 591. The molecule has 0 spiro atoms. The van der Waals surface area contributed by atoms with Gasteiger partial charge >= 0.3 is 6.18 Å². The van der Waals surface area contributed by atoms with E-state index in [1.165, 1.54) is 6.07 Å². The molecule has 0 unspecified atom stereocenters. The third kappa shape index (κ3) is 3.04. The first-order valence-corrected chi connectivity index (χ1v) is 6.09. The van der Waals surface area contributed by atoms with Crippen molar-refractivity contribution in [3.63, 3.8) is 0 Å². The van der Waals surface area contributed by atoms with Gasteiger partial charge in [-0.05, 0) is 56.1 Å². The van der Waals surface area contributed by atoms with Crippen molar-refractivity contribution in [2.45, 2.75) is 25.9 Å². The minimum absolute atomic E-state index is 0.548. The van der Waals surface area contributed by atoms with E-state index in [4.69, 9.17) is 5.73 Å². The highest BCUT2D eigenvalue weighted by Gasteiger charge is 2.30. The van der Waals surface area contributed by atoms with Gasteiger partial charge in [0.15, 0.2) is 0 Å². The second-order valence-electron chi connectivity index (χ2n) is 4.55. The molecule has 0 aliphatic rings. The van der Waals surface area contributed by atoms with Gasteiger partial charge in [0.25, 0.3) is 0 Å². The van der Waals surface area contributed by atoms with Crippen LogP contribution in [0.1, 0.15) is 23.2 Å². The molecule has 0 aliphatic carbocycles. The first-order chi connectivity index (χ1) is 8.91. The maximum Gasteiger partial charge on any atom is 0.416 e. The van der Waals surface area contributed by atoms with Gasteiger partial charge in [-0.1, -0.05) is 0 Å². The normalized spacial score (nSPS) is 12.1. The monoisotopic (exact) mass is 268 g/mol. The molecule has 0 radical (unpaired) electrons. The number of alkyl halides is 3. The maximum atomic E-state index is 12.7. The molecular formula is C14H15F3N2. The molecule has 1 aromatic carbocycles. The Balaban J connectivity index is 2.48. The van der Waals surface area contributed by atoms with E-state index < -0.39 is 11.7 Å². The molecule has 2 nitrogen and oxygen atoms in total. The fraction of sp³-hybridized carbons (Fsp3) is 0.357. The average molecular weight is 268 g/mol. The Morgan fingerprint density at radius 3 is 2.58 bits per heavy atom. The summed E-state index contributed by atoms with van der Waals surface area (Å²) in [5.74, 6) is 0. The van der Waals surface area contributed by atoms with Gasteiger partial charge in [-0.25, -0.2) is 0 Å². The van der Waals surface area contributed by atoms with E-state index in [-0.39, 0.29) is 0 Å². The highest BCUT2D eigenvalue weighted by Crippen LogP contribution is 2.32.